The molecule has 0 aliphatic heterocycles. The summed E-state index contributed by atoms with van der Waals surface area (Å²) in [5.41, 5.74) is 1.14. The van der Waals surface area contributed by atoms with Crippen molar-refractivity contribution in [2.75, 3.05) is 20.8 Å². The van der Waals surface area contributed by atoms with Gasteiger partial charge in [-0.15, -0.1) is 0 Å². The van der Waals surface area contributed by atoms with Crippen LogP contribution in [-0.4, -0.2) is 25.9 Å². The van der Waals surface area contributed by atoms with E-state index in [-0.39, 0.29) is 12.0 Å². The van der Waals surface area contributed by atoms with Crippen LogP contribution in [0.4, 0.5) is 0 Å². The summed E-state index contributed by atoms with van der Waals surface area (Å²) in [6, 6.07) is 5.79. The molecule has 0 bridgehead atoms. The first-order chi connectivity index (χ1) is 7.74. The zero-order valence-corrected chi connectivity index (χ0v) is 9.82. The molecule has 1 aromatic carbocycles. The fraction of sp³-hybridized carbons (Fsp3) is 0.538. The molecular formula is C13H18O3. The second-order valence-corrected chi connectivity index (χ2v) is 4.48. The highest BCUT2D eigenvalue weighted by Crippen LogP contribution is 2.50. The highest BCUT2D eigenvalue weighted by molar-refractivity contribution is 5.45. The van der Waals surface area contributed by atoms with E-state index in [9.17, 15) is 5.11 Å². The molecule has 3 heteroatoms. The van der Waals surface area contributed by atoms with E-state index in [4.69, 9.17) is 9.47 Å². The van der Waals surface area contributed by atoms with E-state index in [0.29, 0.717) is 0 Å². The predicted molar refractivity (Wildman–Crippen MR) is 62.0 cm³/mol. The van der Waals surface area contributed by atoms with E-state index < -0.39 is 0 Å². The number of rotatable bonds is 5. The second-order valence-electron chi connectivity index (χ2n) is 4.48. The Morgan fingerprint density at radius 2 is 1.75 bits per heavy atom. The van der Waals surface area contributed by atoms with Gasteiger partial charge in [0.15, 0.2) is 0 Å². The number of benzene rings is 1. The number of aliphatic hydroxyl groups is 1. The smallest absolute Gasteiger partial charge is 0.125 e. The summed E-state index contributed by atoms with van der Waals surface area (Å²) in [5.74, 6) is 1.69. The molecule has 1 saturated carbocycles. The van der Waals surface area contributed by atoms with Crippen molar-refractivity contribution in [2.24, 2.45) is 5.41 Å². The first-order valence-corrected chi connectivity index (χ1v) is 5.55. The maximum absolute atomic E-state index is 9.36. The monoisotopic (exact) mass is 222 g/mol. The van der Waals surface area contributed by atoms with Crippen molar-refractivity contribution in [2.45, 2.75) is 19.3 Å². The largest absolute Gasteiger partial charge is 0.496 e. The molecule has 0 spiro atoms. The Labute approximate surface area is 96.0 Å². The maximum atomic E-state index is 9.36. The SMILES string of the molecule is COc1cccc(OC)c1CC1(CO)CC1. The topological polar surface area (TPSA) is 38.7 Å². The lowest BCUT2D eigenvalue weighted by molar-refractivity contribution is 0.209. The Kier molecular flexibility index (Phi) is 3.06. The Hall–Kier alpha value is -1.22. The van der Waals surface area contributed by atoms with E-state index in [0.717, 1.165) is 36.3 Å². The summed E-state index contributed by atoms with van der Waals surface area (Å²) in [4.78, 5) is 0. The van der Waals surface area contributed by atoms with Crippen LogP contribution < -0.4 is 9.47 Å². The normalized spacial score (nSPS) is 16.9. The summed E-state index contributed by atoms with van der Waals surface area (Å²) < 4.78 is 10.7. The molecule has 1 fully saturated rings. The molecule has 1 aromatic rings. The third-order valence-corrected chi connectivity index (χ3v) is 3.37. The zero-order chi connectivity index (χ0) is 11.6. The second kappa shape index (κ2) is 4.34. The van der Waals surface area contributed by atoms with Gasteiger partial charge in [0, 0.05) is 12.2 Å². The van der Waals surface area contributed by atoms with E-state index in [1.807, 2.05) is 18.2 Å². The number of aliphatic hydroxyl groups excluding tert-OH is 1. The van der Waals surface area contributed by atoms with Crippen molar-refractivity contribution in [3.8, 4) is 11.5 Å². The Morgan fingerprint density at radius 3 is 2.12 bits per heavy atom. The number of methoxy groups -OCH3 is 2. The average Bonchev–Trinajstić information content (AvgIpc) is 3.10. The first kappa shape index (κ1) is 11.3. The molecule has 0 radical (unpaired) electrons. The third kappa shape index (κ3) is 2.00. The summed E-state index contributed by atoms with van der Waals surface area (Å²) in [5, 5.41) is 9.36. The molecule has 3 nitrogen and oxygen atoms in total. The van der Waals surface area contributed by atoms with Gasteiger partial charge >= 0.3 is 0 Å². The van der Waals surface area contributed by atoms with Gasteiger partial charge in [-0.3, -0.25) is 0 Å². The summed E-state index contributed by atoms with van der Waals surface area (Å²) in [6.07, 6.45) is 3.01. The molecule has 0 aromatic heterocycles. The zero-order valence-electron chi connectivity index (χ0n) is 9.82. The molecule has 0 heterocycles. The van der Waals surface area contributed by atoms with Crippen LogP contribution in [-0.2, 0) is 6.42 Å². The predicted octanol–water partition coefficient (Wildman–Crippen LogP) is 2.02. The fourth-order valence-electron chi connectivity index (χ4n) is 2.04. The molecule has 1 N–H and O–H groups in total. The quantitative estimate of drug-likeness (QED) is 0.828. The molecule has 1 aliphatic rings. The van der Waals surface area contributed by atoms with Crippen molar-refractivity contribution in [3.63, 3.8) is 0 Å². The van der Waals surface area contributed by atoms with Gasteiger partial charge < -0.3 is 14.6 Å². The lowest BCUT2D eigenvalue weighted by Crippen LogP contribution is -2.11. The molecule has 88 valence electrons. The van der Waals surface area contributed by atoms with Gasteiger partial charge in [-0.1, -0.05) is 6.07 Å². The maximum Gasteiger partial charge on any atom is 0.125 e. The number of hydrogen-bond donors (Lipinski definition) is 1. The van der Waals surface area contributed by atoms with Crippen LogP contribution in [0.3, 0.4) is 0 Å². The van der Waals surface area contributed by atoms with Crippen LogP contribution >= 0.6 is 0 Å². The average molecular weight is 222 g/mol. The van der Waals surface area contributed by atoms with Crippen LogP contribution in [0.2, 0.25) is 0 Å². The van der Waals surface area contributed by atoms with Crippen LogP contribution in [0.5, 0.6) is 11.5 Å². The minimum atomic E-state index is 0.0713. The van der Waals surface area contributed by atoms with Crippen molar-refractivity contribution in [1.29, 1.82) is 0 Å². The van der Waals surface area contributed by atoms with E-state index >= 15 is 0 Å². The van der Waals surface area contributed by atoms with Gasteiger partial charge in [0.1, 0.15) is 11.5 Å². The van der Waals surface area contributed by atoms with Crippen molar-refractivity contribution in [3.05, 3.63) is 23.8 Å². The highest BCUT2D eigenvalue weighted by Gasteiger charge is 2.43. The molecule has 0 unspecified atom stereocenters. The summed E-state index contributed by atoms with van der Waals surface area (Å²) >= 11 is 0. The first-order valence-electron chi connectivity index (χ1n) is 5.55. The highest BCUT2D eigenvalue weighted by atomic mass is 16.5. The Morgan fingerprint density at radius 1 is 1.19 bits per heavy atom. The van der Waals surface area contributed by atoms with Gasteiger partial charge in [-0.05, 0) is 36.8 Å². The molecule has 1 aliphatic carbocycles. The van der Waals surface area contributed by atoms with Crippen molar-refractivity contribution < 1.29 is 14.6 Å². The van der Waals surface area contributed by atoms with Crippen molar-refractivity contribution in [1.82, 2.24) is 0 Å². The van der Waals surface area contributed by atoms with Gasteiger partial charge in [0.2, 0.25) is 0 Å². The van der Waals surface area contributed by atoms with Crippen LogP contribution in [0.1, 0.15) is 18.4 Å². The summed E-state index contributed by atoms with van der Waals surface area (Å²) in [6.45, 7) is 0.244. The minimum Gasteiger partial charge on any atom is -0.496 e. The van der Waals surface area contributed by atoms with E-state index in [2.05, 4.69) is 0 Å². The van der Waals surface area contributed by atoms with Gasteiger partial charge in [-0.2, -0.15) is 0 Å². The fourth-order valence-corrected chi connectivity index (χ4v) is 2.04. The van der Waals surface area contributed by atoms with E-state index in [1.54, 1.807) is 14.2 Å². The molecule has 0 atom stereocenters. The van der Waals surface area contributed by atoms with Gasteiger partial charge in [0.05, 0.1) is 14.2 Å². The lowest BCUT2D eigenvalue weighted by atomic mass is 9.96. The molecule has 0 amide bonds. The summed E-state index contributed by atoms with van der Waals surface area (Å²) in [7, 11) is 3.33. The van der Waals surface area contributed by atoms with E-state index in [1.165, 1.54) is 0 Å². The number of ether oxygens (including phenoxy) is 2. The lowest BCUT2D eigenvalue weighted by Gasteiger charge is -2.17. The van der Waals surface area contributed by atoms with Gasteiger partial charge in [0.25, 0.3) is 0 Å². The molecule has 16 heavy (non-hydrogen) atoms. The molecular weight excluding hydrogens is 204 g/mol. The van der Waals surface area contributed by atoms with Gasteiger partial charge in [-0.25, -0.2) is 0 Å². The Bertz CT molecular complexity index is 347. The van der Waals surface area contributed by atoms with Crippen molar-refractivity contribution >= 4 is 0 Å². The minimum absolute atomic E-state index is 0.0713. The van der Waals surface area contributed by atoms with Crippen LogP contribution in [0.15, 0.2) is 18.2 Å². The molecule has 2 rings (SSSR count). The van der Waals surface area contributed by atoms with Crippen LogP contribution in [0.25, 0.3) is 0 Å². The standard InChI is InChI=1S/C13H18O3/c1-15-11-4-3-5-12(16-2)10(11)8-13(9-14)6-7-13/h3-5,14H,6-9H2,1-2H3. The molecule has 0 saturated heterocycles. The third-order valence-electron chi connectivity index (χ3n) is 3.37. The Balaban J connectivity index is 2.29. The van der Waals surface area contributed by atoms with Crippen LogP contribution in [0, 0.1) is 5.41 Å². The number of hydrogen-bond acceptors (Lipinski definition) is 3.